The lowest BCUT2D eigenvalue weighted by Crippen LogP contribution is -2.44. The van der Waals surface area contributed by atoms with E-state index < -0.39 is 11.5 Å². The van der Waals surface area contributed by atoms with Crippen LogP contribution in [0.25, 0.3) is 16.5 Å². The molecule has 1 aliphatic rings. The molecule has 0 bridgehead atoms. The van der Waals surface area contributed by atoms with Crippen LogP contribution in [0.3, 0.4) is 0 Å². The molecule has 1 atom stereocenters. The number of nitrogens with zero attached hydrogens (tertiary/aromatic N) is 6. The van der Waals surface area contributed by atoms with Gasteiger partial charge in [-0.05, 0) is 54.6 Å². The second-order valence-corrected chi connectivity index (χ2v) is 7.74. The minimum atomic E-state index is -0.962. The van der Waals surface area contributed by atoms with Crippen LogP contribution >= 0.6 is 0 Å². The molecule has 4 rings (SSSR count). The molecule has 0 radical (unpaired) electrons. The van der Waals surface area contributed by atoms with E-state index in [1.807, 2.05) is 23.0 Å². The Labute approximate surface area is 196 Å². The third-order valence-electron chi connectivity index (χ3n) is 5.30. The lowest BCUT2D eigenvalue weighted by Gasteiger charge is -2.26. The molecule has 2 heterocycles. The Morgan fingerprint density at radius 2 is 2.12 bits per heavy atom. The van der Waals surface area contributed by atoms with Crippen LogP contribution in [0.5, 0.6) is 5.75 Å². The predicted molar refractivity (Wildman–Crippen MR) is 125 cm³/mol. The molecule has 34 heavy (non-hydrogen) atoms. The minimum absolute atomic E-state index is 0.173. The Hall–Kier alpha value is -4.30. The summed E-state index contributed by atoms with van der Waals surface area (Å²) < 4.78 is 27.8. The van der Waals surface area contributed by atoms with E-state index in [2.05, 4.69) is 37.8 Å². The van der Waals surface area contributed by atoms with Gasteiger partial charge >= 0.3 is 0 Å². The second-order valence-electron chi connectivity index (χ2n) is 7.74. The Bertz CT molecular complexity index is 1180. The highest BCUT2D eigenvalue weighted by Crippen LogP contribution is 2.23. The summed E-state index contributed by atoms with van der Waals surface area (Å²) in [6.45, 7) is 1.03. The first-order chi connectivity index (χ1) is 16.7. The van der Waals surface area contributed by atoms with Gasteiger partial charge < -0.3 is 14.8 Å². The van der Waals surface area contributed by atoms with Crippen molar-refractivity contribution in [1.29, 1.82) is 0 Å². The smallest absolute Gasteiger partial charge is 0.233 e. The fourth-order valence-electron chi connectivity index (χ4n) is 3.46. The van der Waals surface area contributed by atoms with Gasteiger partial charge in [-0.15, -0.1) is 5.10 Å². The minimum Gasteiger partial charge on any atom is -0.487 e. The number of aryl methyl sites for hydroxylation is 2. The zero-order valence-corrected chi connectivity index (χ0v) is 18.4. The van der Waals surface area contributed by atoms with E-state index in [1.165, 1.54) is 24.0 Å². The molecule has 1 aromatic heterocycles. The van der Waals surface area contributed by atoms with E-state index in [9.17, 15) is 4.39 Å². The lowest BCUT2D eigenvalue weighted by molar-refractivity contribution is 0.0254. The van der Waals surface area contributed by atoms with Crippen molar-refractivity contribution in [2.45, 2.75) is 31.5 Å². The van der Waals surface area contributed by atoms with E-state index in [1.54, 1.807) is 30.6 Å². The number of benzene rings is 2. The van der Waals surface area contributed by atoms with Crippen LogP contribution in [-0.2, 0) is 17.7 Å². The Morgan fingerprint density at radius 3 is 2.82 bits per heavy atom. The number of unbranched alkanes of at least 4 members (excludes halogenated alkanes) is 1. The number of azide groups is 1. The summed E-state index contributed by atoms with van der Waals surface area (Å²) in [6.07, 6.45) is 13.1. The predicted octanol–water partition coefficient (Wildman–Crippen LogP) is 5.26. The quantitative estimate of drug-likeness (QED) is 0.181. The average molecular weight is 462 g/mol. The van der Waals surface area contributed by atoms with Crippen LogP contribution in [0.4, 0.5) is 10.1 Å². The number of halogens is 1. The number of hydrogen-bond donors (Lipinski definition) is 1. The monoisotopic (exact) mass is 461 g/mol. The largest absolute Gasteiger partial charge is 0.487 e. The normalized spacial score (nSPS) is 16.7. The molecule has 0 saturated heterocycles. The molecule has 0 saturated carbocycles. The molecule has 2 aromatic carbocycles. The average Bonchev–Trinajstić information content (AvgIpc) is 3.54. The summed E-state index contributed by atoms with van der Waals surface area (Å²) in [6, 6.07) is 12.2. The van der Waals surface area contributed by atoms with Gasteiger partial charge in [0.1, 0.15) is 17.8 Å². The van der Waals surface area contributed by atoms with Crippen molar-refractivity contribution in [3.8, 4) is 5.75 Å². The van der Waals surface area contributed by atoms with Crippen molar-refractivity contribution < 1.29 is 13.9 Å². The molecular weight excluding hydrogens is 437 g/mol. The zero-order chi connectivity index (χ0) is 23.6. The van der Waals surface area contributed by atoms with Gasteiger partial charge in [0, 0.05) is 35.1 Å². The summed E-state index contributed by atoms with van der Waals surface area (Å²) in [5.41, 5.74) is 9.30. The molecular formula is C24H24FN7O2. The molecule has 3 aromatic rings. The molecule has 0 spiro atoms. The first-order valence-electron chi connectivity index (χ1n) is 10.9. The van der Waals surface area contributed by atoms with Gasteiger partial charge in [0.15, 0.2) is 6.61 Å². The van der Waals surface area contributed by atoms with Gasteiger partial charge in [-0.25, -0.2) is 4.39 Å². The maximum atomic E-state index is 14.3. The molecule has 0 aliphatic carbocycles. The van der Waals surface area contributed by atoms with Crippen LogP contribution < -0.4 is 10.1 Å². The summed E-state index contributed by atoms with van der Waals surface area (Å²) in [4.78, 5) is 2.66. The van der Waals surface area contributed by atoms with Crippen LogP contribution in [0, 0.1) is 5.82 Å². The van der Waals surface area contributed by atoms with Gasteiger partial charge in [-0.1, -0.05) is 40.7 Å². The van der Waals surface area contributed by atoms with Gasteiger partial charge in [0.05, 0.1) is 6.20 Å². The first-order valence-corrected chi connectivity index (χ1v) is 10.9. The number of ether oxygens (including phenoxy) is 2. The highest BCUT2D eigenvalue weighted by Gasteiger charge is 2.31. The van der Waals surface area contributed by atoms with Crippen molar-refractivity contribution in [2.24, 2.45) is 5.11 Å². The van der Waals surface area contributed by atoms with Crippen molar-refractivity contribution in [2.75, 3.05) is 6.61 Å². The van der Waals surface area contributed by atoms with Crippen LogP contribution in [-0.4, -0.2) is 27.3 Å². The van der Waals surface area contributed by atoms with E-state index in [0.29, 0.717) is 11.3 Å². The fourth-order valence-corrected chi connectivity index (χ4v) is 3.46. The van der Waals surface area contributed by atoms with Gasteiger partial charge in [0.2, 0.25) is 5.72 Å². The third kappa shape index (κ3) is 6.14. The SMILES string of the molecule is [N-]=[N+]=Nc1ccc(/C=C/C2(COc3ccc(CCCCn4ccnn4)cc3)NC=CO2)c(F)c1. The standard InChI is InChI=1S/C24H24FN7O2/c25-23-17-21(29-30-26)7-6-20(23)10-11-24(27-13-16-34-24)18-33-22-8-4-19(5-9-22)3-1-2-14-32-15-12-28-31-32/h4-13,15-17,27H,1-3,14,18H2/b11-10+. The summed E-state index contributed by atoms with van der Waals surface area (Å²) in [5, 5.41) is 14.3. The summed E-state index contributed by atoms with van der Waals surface area (Å²) >= 11 is 0. The Kier molecular flexibility index (Phi) is 7.42. The molecule has 174 valence electrons. The van der Waals surface area contributed by atoms with E-state index in [4.69, 9.17) is 15.0 Å². The van der Waals surface area contributed by atoms with Gasteiger partial charge in [-0.3, -0.25) is 4.68 Å². The zero-order valence-electron chi connectivity index (χ0n) is 18.4. The maximum Gasteiger partial charge on any atom is 0.233 e. The summed E-state index contributed by atoms with van der Waals surface area (Å²) in [5.74, 6) is 0.210. The second kappa shape index (κ2) is 11.0. The van der Waals surface area contributed by atoms with Crippen molar-refractivity contribution in [3.63, 3.8) is 0 Å². The van der Waals surface area contributed by atoms with Gasteiger partial charge in [0.25, 0.3) is 0 Å². The maximum absolute atomic E-state index is 14.3. The molecule has 1 unspecified atom stereocenters. The van der Waals surface area contributed by atoms with Crippen molar-refractivity contribution in [1.82, 2.24) is 20.3 Å². The highest BCUT2D eigenvalue weighted by atomic mass is 19.1. The number of rotatable bonds is 11. The topological polar surface area (TPSA) is 110 Å². The Morgan fingerprint density at radius 1 is 1.24 bits per heavy atom. The number of nitrogens with one attached hydrogen (secondary N) is 1. The third-order valence-corrected chi connectivity index (χ3v) is 5.30. The molecule has 0 amide bonds. The molecule has 9 nitrogen and oxygen atoms in total. The van der Waals surface area contributed by atoms with E-state index in [-0.39, 0.29) is 12.3 Å². The van der Waals surface area contributed by atoms with Crippen molar-refractivity contribution in [3.05, 3.63) is 101 Å². The molecule has 1 N–H and O–H groups in total. The first kappa shape index (κ1) is 22.9. The molecule has 1 aliphatic heterocycles. The van der Waals surface area contributed by atoms with E-state index in [0.717, 1.165) is 25.8 Å². The molecule has 10 heteroatoms. The number of aromatic nitrogens is 3. The Balaban J connectivity index is 1.30. The van der Waals surface area contributed by atoms with Crippen molar-refractivity contribution >= 4 is 11.8 Å². The lowest BCUT2D eigenvalue weighted by atomic mass is 10.1. The fraction of sp³-hybridized carbons (Fsp3) is 0.250. The highest BCUT2D eigenvalue weighted by molar-refractivity contribution is 5.55. The number of hydrogen-bond acceptors (Lipinski definition) is 6. The molecule has 0 fully saturated rings. The van der Waals surface area contributed by atoms with Crippen LogP contribution in [0.15, 0.2) is 78.5 Å². The van der Waals surface area contributed by atoms with Crippen LogP contribution in [0.2, 0.25) is 0 Å². The van der Waals surface area contributed by atoms with Crippen LogP contribution in [0.1, 0.15) is 24.0 Å². The van der Waals surface area contributed by atoms with E-state index >= 15 is 0 Å². The van der Waals surface area contributed by atoms with Gasteiger partial charge in [-0.2, -0.15) is 0 Å². The summed E-state index contributed by atoms with van der Waals surface area (Å²) in [7, 11) is 0.